The van der Waals surface area contributed by atoms with Gasteiger partial charge < -0.3 is 59.4 Å². The molecule has 0 bridgehead atoms. The van der Waals surface area contributed by atoms with Crippen LogP contribution in [-0.4, -0.2) is 70.2 Å². The van der Waals surface area contributed by atoms with Crippen LogP contribution in [0.15, 0.2) is 0 Å². The standard InChI is InChI=1S/C2H2O4.2BF4.Li.H3O4P.H/c3-1(4)2(5)6;2*2-1(3,4)5;;1-5(2,3)4;/h(H,3,4)(H,5,6);;;;(H3,1,2,3,4);/q;2*-1;;;. The van der Waals surface area contributed by atoms with Crippen molar-refractivity contribution in [1.29, 1.82) is 0 Å². The van der Waals surface area contributed by atoms with Crippen LogP contribution in [-0.2, 0) is 14.2 Å². The van der Waals surface area contributed by atoms with Gasteiger partial charge in [-0.2, -0.15) is 0 Å². The van der Waals surface area contributed by atoms with Crippen molar-refractivity contribution in [2.45, 2.75) is 0 Å². The Labute approximate surface area is 127 Å². The van der Waals surface area contributed by atoms with Crippen LogP contribution in [0.1, 0.15) is 0 Å². The summed E-state index contributed by atoms with van der Waals surface area (Å²) in [6, 6.07) is 0. The van der Waals surface area contributed by atoms with Crippen LogP contribution in [0.2, 0.25) is 0 Å². The maximum absolute atomic E-state index is 9.75. The van der Waals surface area contributed by atoms with Gasteiger partial charge >= 0.3 is 53.1 Å². The zero-order valence-electron chi connectivity index (χ0n) is 9.09. The van der Waals surface area contributed by atoms with Gasteiger partial charge in [0.05, 0.1) is 0 Å². The van der Waals surface area contributed by atoms with E-state index in [4.69, 9.17) is 39.0 Å². The van der Waals surface area contributed by atoms with E-state index in [2.05, 4.69) is 0 Å². The molecule has 22 heavy (non-hydrogen) atoms. The van der Waals surface area contributed by atoms with Gasteiger partial charge in [0, 0.05) is 0 Å². The minimum atomic E-state index is -6.00. The van der Waals surface area contributed by atoms with Gasteiger partial charge in [-0.25, -0.2) is 14.2 Å². The van der Waals surface area contributed by atoms with E-state index < -0.39 is 34.3 Å². The van der Waals surface area contributed by atoms with Crippen LogP contribution in [0.3, 0.4) is 0 Å². The third-order valence-electron chi connectivity index (χ3n) is 0.183. The van der Waals surface area contributed by atoms with E-state index >= 15 is 0 Å². The molecule has 0 aromatic heterocycles. The molecule has 0 aromatic rings. The normalized spacial score (nSPS) is 10.1. The summed E-state index contributed by atoms with van der Waals surface area (Å²) in [5.41, 5.74) is 0. The molecule has 8 nitrogen and oxygen atoms in total. The third kappa shape index (κ3) is 616. The molecule has 0 aromatic carbocycles. The minimum absolute atomic E-state index is 0. The number of carboxylic acids is 2. The quantitative estimate of drug-likeness (QED) is 0.175. The average Bonchev–Trinajstić information content (AvgIpc) is 1.92. The van der Waals surface area contributed by atoms with Gasteiger partial charge in [-0.05, 0) is 0 Å². The summed E-state index contributed by atoms with van der Waals surface area (Å²) in [6.07, 6.45) is 0. The maximum atomic E-state index is 9.75. The van der Waals surface area contributed by atoms with Crippen molar-refractivity contribution in [3.05, 3.63) is 0 Å². The van der Waals surface area contributed by atoms with E-state index in [1.807, 2.05) is 0 Å². The Morgan fingerprint density at radius 3 is 0.727 bits per heavy atom. The second kappa shape index (κ2) is 13.9. The molecule has 5 N–H and O–H groups in total. The zero-order chi connectivity index (χ0) is 18.7. The molecule has 0 spiro atoms. The summed E-state index contributed by atoms with van der Waals surface area (Å²) in [5, 5.41) is 14.8. The Morgan fingerprint density at radius 2 is 0.727 bits per heavy atom. The molecule has 0 heterocycles. The van der Waals surface area contributed by atoms with Crippen LogP contribution in [0.25, 0.3) is 0 Å². The number of hydrogen-bond acceptors (Lipinski definition) is 3. The predicted molar refractivity (Wildman–Crippen MR) is 57.1 cm³/mol. The predicted octanol–water partition coefficient (Wildman–Crippen LogP) is 0.179. The van der Waals surface area contributed by atoms with Crippen molar-refractivity contribution >= 4 is 53.1 Å². The van der Waals surface area contributed by atoms with E-state index in [0.717, 1.165) is 0 Å². The van der Waals surface area contributed by atoms with Gasteiger partial charge in [-0.15, -0.1) is 0 Å². The molecule has 0 aliphatic heterocycles. The number of phosphoric acid groups is 1. The number of rotatable bonds is 0. The molecule has 0 saturated heterocycles. The summed E-state index contributed by atoms with van der Waals surface area (Å²) >= 11 is 0. The average molecular weight is 370 g/mol. The molecule has 0 aliphatic carbocycles. The fourth-order valence-corrected chi connectivity index (χ4v) is 0. The Kier molecular flexibility index (Phi) is 20.8. The Balaban J connectivity index is -0.0000000577. The summed E-state index contributed by atoms with van der Waals surface area (Å²) in [4.78, 5) is 39.8. The Hall–Kier alpha value is -0.783. The van der Waals surface area contributed by atoms with Crippen molar-refractivity contribution in [3.8, 4) is 0 Å². The molecule has 132 valence electrons. The number of carboxylic acid groups (broad SMARTS) is 2. The first-order valence-electron chi connectivity index (χ1n) is 3.63. The summed E-state index contributed by atoms with van der Waals surface area (Å²) < 4.78 is 86.9. The van der Waals surface area contributed by atoms with Gasteiger partial charge in [0.25, 0.3) is 0 Å². The first-order chi connectivity index (χ1) is 8.64. The molecule has 0 amide bonds. The van der Waals surface area contributed by atoms with Gasteiger partial charge in [-0.1, -0.05) is 0 Å². The number of carbonyl (C=O) groups is 2. The molecule has 0 saturated carbocycles. The second-order valence-electron chi connectivity index (χ2n) is 2.11. The molecule has 20 heteroatoms. The number of hydrogen-bond donors (Lipinski definition) is 5. The third-order valence-corrected chi connectivity index (χ3v) is 0.183. The van der Waals surface area contributed by atoms with Crippen molar-refractivity contribution in [1.82, 2.24) is 0 Å². The first-order valence-corrected chi connectivity index (χ1v) is 5.20. The Bertz CT molecular complexity index is 309. The SMILES string of the molecule is F[B-](F)(F)F.F[B-](F)(F)F.O=C(O)C(=O)O.O=P(O)(O)O.[LiH]. The van der Waals surface area contributed by atoms with E-state index in [0.29, 0.717) is 0 Å². The van der Waals surface area contributed by atoms with E-state index in [1.165, 1.54) is 0 Å². The van der Waals surface area contributed by atoms with Crippen molar-refractivity contribution in [3.63, 3.8) is 0 Å². The molecule has 0 unspecified atom stereocenters. The molecular formula is C2H6B2F8LiO8P-2. The molecule has 0 atom stereocenters. The van der Waals surface area contributed by atoms with Crippen LogP contribution in [0, 0.1) is 0 Å². The molecule has 0 fully saturated rings. The van der Waals surface area contributed by atoms with Crippen LogP contribution in [0.5, 0.6) is 0 Å². The van der Waals surface area contributed by atoms with Crippen molar-refractivity contribution in [2.24, 2.45) is 0 Å². The first kappa shape index (κ1) is 33.0. The molecule has 0 aliphatic rings. The Morgan fingerprint density at radius 1 is 0.682 bits per heavy atom. The zero-order valence-corrected chi connectivity index (χ0v) is 9.98. The van der Waals surface area contributed by atoms with Crippen molar-refractivity contribution < 1.29 is 73.6 Å². The monoisotopic (exact) mass is 370 g/mol. The van der Waals surface area contributed by atoms with E-state index in [-0.39, 0.29) is 18.9 Å². The van der Waals surface area contributed by atoms with Gasteiger partial charge in [0.15, 0.2) is 0 Å². The molecule has 0 radical (unpaired) electrons. The fraction of sp³-hybridized carbons (Fsp3) is 0. The second-order valence-corrected chi connectivity index (χ2v) is 3.14. The molecular weight excluding hydrogens is 364 g/mol. The summed E-state index contributed by atoms with van der Waals surface area (Å²) in [5.74, 6) is -3.65. The van der Waals surface area contributed by atoms with Crippen LogP contribution in [0.4, 0.5) is 34.5 Å². The number of halogens is 8. The summed E-state index contributed by atoms with van der Waals surface area (Å²) in [7, 11) is -16.6. The van der Waals surface area contributed by atoms with Gasteiger partial charge in [0.2, 0.25) is 0 Å². The van der Waals surface area contributed by atoms with Crippen LogP contribution < -0.4 is 0 Å². The fourth-order valence-electron chi connectivity index (χ4n) is 0. The summed E-state index contributed by atoms with van der Waals surface area (Å²) in [6.45, 7) is 0. The van der Waals surface area contributed by atoms with Gasteiger partial charge in [0.1, 0.15) is 0 Å². The van der Waals surface area contributed by atoms with Gasteiger partial charge in [-0.3, -0.25) is 0 Å². The topological polar surface area (TPSA) is 152 Å². The van der Waals surface area contributed by atoms with Crippen LogP contribution >= 0.6 is 7.82 Å². The van der Waals surface area contributed by atoms with E-state index in [9.17, 15) is 34.5 Å². The van der Waals surface area contributed by atoms with Crippen molar-refractivity contribution in [2.75, 3.05) is 0 Å². The molecule has 0 rings (SSSR count). The number of aliphatic carboxylic acids is 2. The van der Waals surface area contributed by atoms with E-state index in [1.54, 1.807) is 0 Å².